The van der Waals surface area contributed by atoms with Gasteiger partial charge in [0.2, 0.25) is 5.91 Å². The Morgan fingerprint density at radius 2 is 2.17 bits per heavy atom. The van der Waals surface area contributed by atoms with Gasteiger partial charge in [-0.3, -0.25) is 14.9 Å². The second-order valence-electron chi connectivity index (χ2n) is 4.17. The fourth-order valence-electron chi connectivity index (χ4n) is 1.32. The number of anilines is 1. The zero-order valence-corrected chi connectivity index (χ0v) is 10.6. The Labute approximate surface area is 105 Å². The van der Waals surface area contributed by atoms with Gasteiger partial charge in [-0.25, -0.2) is 0 Å². The number of nitro groups is 1. The standard InChI is InChI=1S/C12H16N2O4/c1-8(2)18-7-12(15)13-10-5-4-9(3)11(6-10)14(16)17/h4-6,8H,7H2,1-3H3,(H,13,15). The first kappa shape index (κ1) is 14.1. The van der Waals surface area contributed by atoms with Crippen LogP contribution in [0.4, 0.5) is 11.4 Å². The molecule has 1 amide bonds. The average Bonchev–Trinajstić information content (AvgIpc) is 2.28. The average molecular weight is 252 g/mol. The van der Waals surface area contributed by atoms with Crippen molar-refractivity contribution >= 4 is 17.3 Å². The van der Waals surface area contributed by atoms with E-state index in [4.69, 9.17) is 4.74 Å². The van der Waals surface area contributed by atoms with Crippen LogP contribution in [-0.4, -0.2) is 23.5 Å². The van der Waals surface area contributed by atoms with Gasteiger partial charge in [0, 0.05) is 17.3 Å². The molecule has 0 bridgehead atoms. The quantitative estimate of drug-likeness (QED) is 0.643. The number of amides is 1. The zero-order valence-electron chi connectivity index (χ0n) is 10.6. The fourth-order valence-corrected chi connectivity index (χ4v) is 1.32. The predicted octanol–water partition coefficient (Wildman–Crippen LogP) is 2.27. The van der Waals surface area contributed by atoms with E-state index < -0.39 is 4.92 Å². The molecule has 0 heterocycles. The van der Waals surface area contributed by atoms with Crippen molar-refractivity contribution in [2.75, 3.05) is 11.9 Å². The highest BCUT2D eigenvalue weighted by Gasteiger charge is 2.12. The maximum Gasteiger partial charge on any atom is 0.274 e. The molecular weight excluding hydrogens is 236 g/mol. The van der Waals surface area contributed by atoms with E-state index in [0.29, 0.717) is 11.3 Å². The lowest BCUT2D eigenvalue weighted by atomic mass is 10.2. The second kappa shape index (κ2) is 6.11. The van der Waals surface area contributed by atoms with Crippen LogP contribution in [0.5, 0.6) is 0 Å². The highest BCUT2D eigenvalue weighted by molar-refractivity contribution is 5.92. The highest BCUT2D eigenvalue weighted by Crippen LogP contribution is 2.22. The van der Waals surface area contributed by atoms with E-state index in [0.717, 1.165) is 0 Å². The normalized spacial score (nSPS) is 10.4. The van der Waals surface area contributed by atoms with Crippen molar-refractivity contribution < 1.29 is 14.5 Å². The Morgan fingerprint density at radius 1 is 1.50 bits per heavy atom. The molecule has 6 heteroatoms. The lowest BCUT2D eigenvalue weighted by Gasteiger charge is -2.08. The van der Waals surface area contributed by atoms with E-state index in [2.05, 4.69) is 5.32 Å². The van der Waals surface area contributed by atoms with Crippen LogP contribution in [0.2, 0.25) is 0 Å². The number of carbonyl (C=O) groups is 1. The van der Waals surface area contributed by atoms with E-state index >= 15 is 0 Å². The van der Waals surface area contributed by atoms with Gasteiger partial charge in [-0.05, 0) is 26.8 Å². The third-order valence-corrected chi connectivity index (χ3v) is 2.24. The molecule has 0 aliphatic carbocycles. The van der Waals surface area contributed by atoms with Crippen LogP contribution < -0.4 is 5.32 Å². The van der Waals surface area contributed by atoms with E-state index in [-0.39, 0.29) is 24.3 Å². The van der Waals surface area contributed by atoms with Crippen molar-refractivity contribution in [2.45, 2.75) is 26.9 Å². The molecule has 6 nitrogen and oxygen atoms in total. The number of nitrogens with one attached hydrogen (secondary N) is 1. The minimum Gasteiger partial charge on any atom is -0.369 e. The van der Waals surface area contributed by atoms with Gasteiger partial charge >= 0.3 is 0 Å². The first-order chi connectivity index (χ1) is 8.40. The van der Waals surface area contributed by atoms with Crippen LogP contribution in [0.3, 0.4) is 0 Å². The summed E-state index contributed by atoms with van der Waals surface area (Å²) in [5.74, 6) is -0.332. The third kappa shape index (κ3) is 4.14. The molecule has 18 heavy (non-hydrogen) atoms. The van der Waals surface area contributed by atoms with Crippen LogP contribution in [0.15, 0.2) is 18.2 Å². The topological polar surface area (TPSA) is 81.5 Å². The summed E-state index contributed by atoms with van der Waals surface area (Å²) in [4.78, 5) is 21.7. The summed E-state index contributed by atoms with van der Waals surface area (Å²) in [7, 11) is 0. The summed E-state index contributed by atoms with van der Waals surface area (Å²) in [5, 5.41) is 13.3. The summed E-state index contributed by atoms with van der Waals surface area (Å²) in [6, 6.07) is 4.55. The molecule has 1 rings (SSSR count). The summed E-state index contributed by atoms with van der Waals surface area (Å²) in [6.45, 7) is 5.22. The van der Waals surface area contributed by atoms with Crippen LogP contribution in [0, 0.1) is 17.0 Å². The van der Waals surface area contributed by atoms with Crippen molar-refractivity contribution in [3.05, 3.63) is 33.9 Å². The van der Waals surface area contributed by atoms with Gasteiger partial charge in [0.1, 0.15) is 6.61 Å². The number of nitro benzene ring substituents is 1. The minimum absolute atomic E-state index is 0.0161. The largest absolute Gasteiger partial charge is 0.369 e. The first-order valence-electron chi connectivity index (χ1n) is 5.56. The van der Waals surface area contributed by atoms with Crippen molar-refractivity contribution in [2.24, 2.45) is 0 Å². The summed E-state index contributed by atoms with van der Waals surface area (Å²) >= 11 is 0. The second-order valence-corrected chi connectivity index (χ2v) is 4.17. The fraction of sp³-hybridized carbons (Fsp3) is 0.417. The summed E-state index contributed by atoms with van der Waals surface area (Å²) in [6.07, 6.45) is -0.0388. The molecule has 0 saturated heterocycles. The van der Waals surface area contributed by atoms with Crippen LogP contribution in [0.25, 0.3) is 0 Å². The van der Waals surface area contributed by atoms with Gasteiger partial charge in [-0.2, -0.15) is 0 Å². The molecule has 0 unspecified atom stereocenters. The van der Waals surface area contributed by atoms with Crippen LogP contribution in [0.1, 0.15) is 19.4 Å². The van der Waals surface area contributed by atoms with Gasteiger partial charge in [0.05, 0.1) is 11.0 Å². The molecule has 1 aromatic carbocycles. The zero-order chi connectivity index (χ0) is 13.7. The molecule has 0 aromatic heterocycles. The molecular formula is C12H16N2O4. The number of hydrogen-bond donors (Lipinski definition) is 1. The lowest BCUT2D eigenvalue weighted by Crippen LogP contribution is -2.20. The number of ether oxygens (including phenoxy) is 1. The Morgan fingerprint density at radius 3 is 2.72 bits per heavy atom. The van der Waals surface area contributed by atoms with Crippen LogP contribution >= 0.6 is 0 Å². The van der Waals surface area contributed by atoms with Gasteiger partial charge < -0.3 is 10.1 Å². The van der Waals surface area contributed by atoms with E-state index in [1.54, 1.807) is 19.1 Å². The number of carbonyl (C=O) groups excluding carboxylic acids is 1. The van der Waals surface area contributed by atoms with Crippen molar-refractivity contribution in [3.8, 4) is 0 Å². The number of rotatable bonds is 5. The van der Waals surface area contributed by atoms with Gasteiger partial charge in [0.25, 0.3) is 5.69 Å². The van der Waals surface area contributed by atoms with Gasteiger partial charge in [0.15, 0.2) is 0 Å². The SMILES string of the molecule is Cc1ccc(NC(=O)COC(C)C)cc1[N+](=O)[O-]. The van der Waals surface area contributed by atoms with Gasteiger partial charge in [-0.1, -0.05) is 6.07 Å². The first-order valence-corrected chi connectivity index (χ1v) is 5.56. The number of aryl methyl sites for hydroxylation is 1. The lowest BCUT2D eigenvalue weighted by molar-refractivity contribution is -0.385. The molecule has 0 fully saturated rings. The Bertz CT molecular complexity index is 457. The molecule has 98 valence electrons. The van der Waals surface area contributed by atoms with Crippen LogP contribution in [-0.2, 0) is 9.53 Å². The number of benzene rings is 1. The van der Waals surface area contributed by atoms with E-state index in [9.17, 15) is 14.9 Å². The Kier molecular flexibility index (Phi) is 4.79. The monoisotopic (exact) mass is 252 g/mol. The molecule has 1 aromatic rings. The predicted molar refractivity (Wildman–Crippen MR) is 67.6 cm³/mol. The maximum absolute atomic E-state index is 11.5. The smallest absolute Gasteiger partial charge is 0.274 e. The summed E-state index contributed by atoms with van der Waals surface area (Å²) in [5.41, 5.74) is 0.929. The van der Waals surface area contributed by atoms with E-state index in [1.165, 1.54) is 6.07 Å². The highest BCUT2D eigenvalue weighted by atomic mass is 16.6. The molecule has 0 aliphatic rings. The molecule has 0 spiro atoms. The van der Waals surface area contributed by atoms with Crippen molar-refractivity contribution in [1.29, 1.82) is 0 Å². The Balaban J connectivity index is 2.70. The van der Waals surface area contributed by atoms with E-state index in [1.807, 2.05) is 13.8 Å². The van der Waals surface area contributed by atoms with Crippen molar-refractivity contribution in [3.63, 3.8) is 0 Å². The third-order valence-electron chi connectivity index (χ3n) is 2.24. The molecule has 1 N–H and O–H groups in total. The molecule has 0 atom stereocenters. The Hall–Kier alpha value is -1.95. The van der Waals surface area contributed by atoms with Gasteiger partial charge in [-0.15, -0.1) is 0 Å². The summed E-state index contributed by atoms with van der Waals surface area (Å²) < 4.78 is 5.13. The molecule has 0 saturated carbocycles. The number of hydrogen-bond acceptors (Lipinski definition) is 4. The number of nitrogens with zero attached hydrogens (tertiary/aromatic N) is 1. The maximum atomic E-state index is 11.5. The van der Waals surface area contributed by atoms with Crippen molar-refractivity contribution in [1.82, 2.24) is 0 Å². The minimum atomic E-state index is -0.477. The molecule has 0 aliphatic heterocycles. The molecule has 0 radical (unpaired) electrons.